The Morgan fingerprint density at radius 1 is 1.18 bits per heavy atom. The van der Waals surface area contributed by atoms with Gasteiger partial charge in [0.05, 0.1) is 7.11 Å². The van der Waals surface area contributed by atoms with Gasteiger partial charge in [0.15, 0.2) is 0 Å². The molecule has 0 saturated heterocycles. The highest BCUT2D eigenvalue weighted by Crippen LogP contribution is 2.20. The maximum absolute atomic E-state index is 11.9. The minimum Gasteiger partial charge on any atom is -0.497 e. The number of amides is 1. The van der Waals surface area contributed by atoms with Crippen LogP contribution in [0.25, 0.3) is 0 Å². The van der Waals surface area contributed by atoms with Crippen molar-refractivity contribution in [2.24, 2.45) is 0 Å². The molecule has 0 fully saturated rings. The number of methoxy groups -OCH3 is 1. The van der Waals surface area contributed by atoms with E-state index in [1.807, 2.05) is 24.3 Å². The molecule has 0 atom stereocenters. The van der Waals surface area contributed by atoms with Crippen molar-refractivity contribution in [3.63, 3.8) is 0 Å². The summed E-state index contributed by atoms with van der Waals surface area (Å²) in [5, 5.41) is 2.89. The Balaban J connectivity index is 1.70. The molecule has 0 unspecified atom stereocenters. The van der Waals surface area contributed by atoms with Crippen LogP contribution in [-0.4, -0.2) is 18.8 Å². The Bertz CT molecular complexity index is 611. The van der Waals surface area contributed by atoms with Gasteiger partial charge >= 0.3 is 0 Å². The van der Waals surface area contributed by atoms with E-state index >= 15 is 0 Å². The fourth-order valence-electron chi connectivity index (χ4n) is 1.98. The summed E-state index contributed by atoms with van der Waals surface area (Å²) < 4.78 is 5.14. The SMILES string of the molecule is COc1cccc(NC(=O)CCCSc2ccc(C)cc2)c1. The van der Waals surface area contributed by atoms with Crippen LogP contribution in [0, 0.1) is 6.92 Å². The summed E-state index contributed by atoms with van der Waals surface area (Å²) in [7, 11) is 1.61. The summed E-state index contributed by atoms with van der Waals surface area (Å²) in [6.07, 6.45) is 1.38. The molecule has 1 amide bonds. The molecule has 0 radical (unpaired) electrons. The number of thioether (sulfide) groups is 1. The van der Waals surface area contributed by atoms with Crippen molar-refractivity contribution in [3.8, 4) is 5.75 Å². The fourth-order valence-corrected chi connectivity index (χ4v) is 2.83. The molecule has 2 aromatic carbocycles. The van der Waals surface area contributed by atoms with Gasteiger partial charge in [0.1, 0.15) is 5.75 Å². The lowest BCUT2D eigenvalue weighted by Crippen LogP contribution is -2.11. The molecule has 0 aliphatic heterocycles. The minimum atomic E-state index is 0.0396. The van der Waals surface area contributed by atoms with Crippen LogP contribution in [0.5, 0.6) is 5.75 Å². The molecule has 0 bridgehead atoms. The van der Waals surface area contributed by atoms with Crippen LogP contribution in [0.3, 0.4) is 0 Å². The topological polar surface area (TPSA) is 38.3 Å². The van der Waals surface area contributed by atoms with Gasteiger partial charge < -0.3 is 10.1 Å². The van der Waals surface area contributed by atoms with Gasteiger partial charge in [0.25, 0.3) is 0 Å². The second-order valence-electron chi connectivity index (χ2n) is 5.05. The van der Waals surface area contributed by atoms with E-state index in [2.05, 4.69) is 36.5 Å². The van der Waals surface area contributed by atoms with E-state index < -0.39 is 0 Å². The van der Waals surface area contributed by atoms with Crippen LogP contribution >= 0.6 is 11.8 Å². The molecule has 0 aromatic heterocycles. The molecule has 1 N–H and O–H groups in total. The van der Waals surface area contributed by atoms with E-state index in [4.69, 9.17) is 4.74 Å². The predicted molar refractivity (Wildman–Crippen MR) is 92.8 cm³/mol. The summed E-state index contributed by atoms with van der Waals surface area (Å²) >= 11 is 1.78. The third kappa shape index (κ3) is 5.45. The van der Waals surface area contributed by atoms with E-state index in [9.17, 15) is 4.79 Å². The molecule has 116 valence electrons. The molecule has 4 heteroatoms. The molecule has 0 spiro atoms. The fraction of sp³-hybridized carbons (Fsp3) is 0.278. The van der Waals surface area contributed by atoms with Crippen molar-refractivity contribution in [1.82, 2.24) is 0 Å². The first-order valence-electron chi connectivity index (χ1n) is 7.31. The van der Waals surface area contributed by atoms with Gasteiger partial charge in [-0.05, 0) is 43.4 Å². The van der Waals surface area contributed by atoms with Crippen molar-refractivity contribution in [2.45, 2.75) is 24.7 Å². The number of nitrogens with one attached hydrogen (secondary N) is 1. The van der Waals surface area contributed by atoms with E-state index in [-0.39, 0.29) is 5.91 Å². The molecular formula is C18H21NO2S. The van der Waals surface area contributed by atoms with Crippen LogP contribution in [0.4, 0.5) is 5.69 Å². The van der Waals surface area contributed by atoms with Crippen molar-refractivity contribution < 1.29 is 9.53 Å². The lowest BCUT2D eigenvalue weighted by atomic mass is 10.2. The van der Waals surface area contributed by atoms with Crippen molar-refractivity contribution >= 4 is 23.4 Å². The minimum absolute atomic E-state index is 0.0396. The normalized spacial score (nSPS) is 10.3. The van der Waals surface area contributed by atoms with Gasteiger partial charge in [0, 0.05) is 23.1 Å². The van der Waals surface area contributed by atoms with Crippen molar-refractivity contribution in [3.05, 3.63) is 54.1 Å². The number of ether oxygens (including phenoxy) is 1. The monoisotopic (exact) mass is 315 g/mol. The number of hydrogen-bond acceptors (Lipinski definition) is 3. The van der Waals surface area contributed by atoms with Crippen LogP contribution in [0.15, 0.2) is 53.4 Å². The first-order valence-corrected chi connectivity index (χ1v) is 8.29. The lowest BCUT2D eigenvalue weighted by molar-refractivity contribution is -0.116. The Morgan fingerprint density at radius 3 is 2.68 bits per heavy atom. The van der Waals surface area contributed by atoms with Crippen molar-refractivity contribution in [2.75, 3.05) is 18.2 Å². The molecule has 0 saturated carbocycles. The van der Waals surface area contributed by atoms with E-state index in [1.165, 1.54) is 10.5 Å². The van der Waals surface area contributed by atoms with Crippen LogP contribution < -0.4 is 10.1 Å². The molecule has 0 heterocycles. The van der Waals surface area contributed by atoms with E-state index in [1.54, 1.807) is 18.9 Å². The third-order valence-electron chi connectivity index (χ3n) is 3.19. The number of rotatable bonds is 7. The number of hydrogen-bond donors (Lipinski definition) is 1. The highest BCUT2D eigenvalue weighted by Gasteiger charge is 2.03. The van der Waals surface area contributed by atoms with Gasteiger partial charge in [0.2, 0.25) is 5.91 Å². The Kier molecular flexibility index (Phi) is 6.34. The average Bonchev–Trinajstić information content (AvgIpc) is 2.53. The summed E-state index contributed by atoms with van der Waals surface area (Å²) in [6, 6.07) is 15.9. The maximum atomic E-state index is 11.9. The molecular weight excluding hydrogens is 294 g/mol. The van der Waals surface area contributed by atoms with Gasteiger partial charge in [-0.1, -0.05) is 23.8 Å². The number of carbonyl (C=O) groups excluding carboxylic acids is 1. The van der Waals surface area contributed by atoms with Gasteiger partial charge in [-0.3, -0.25) is 4.79 Å². The van der Waals surface area contributed by atoms with Gasteiger partial charge in [-0.2, -0.15) is 0 Å². The third-order valence-corrected chi connectivity index (χ3v) is 4.29. The standard InChI is InChI=1S/C18H21NO2S/c1-14-8-10-17(11-9-14)22-12-4-7-18(20)19-15-5-3-6-16(13-15)21-2/h3,5-6,8-11,13H,4,7,12H2,1-2H3,(H,19,20). The number of carbonyl (C=O) groups is 1. The predicted octanol–water partition coefficient (Wildman–Crippen LogP) is 4.51. The summed E-state index contributed by atoms with van der Waals surface area (Å²) in [6.45, 7) is 2.08. The molecule has 3 nitrogen and oxygen atoms in total. The number of anilines is 1. The number of benzene rings is 2. The second-order valence-corrected chi connectivity index (χ2v) is 6.21. The molecule has 2 aromatic rings. The van der Waals surface area contributed by atoms with E-state index in [0.29, 0.717) is 6.42 Å². The lowest BCUT2D eigenvalue weighted by Gasteiger charge is -2.07. The van der Waals surface area contributed by atoms with Crippen LogP contribution in [-0.2, 0) is 4.79 Å². The Hall–Kier alpha value is -1.94. The Labute approximate surface area is 136 Å². The zero-order chi connectivity index (χ0) is 15.8. The first-order chi connectivity index (χ1) is 10.7. The van der Waals surface area contributed by atoms with Crippen LogP contribution in [0.2, 0.25) is 0 Å². The van der Waals surface area contributed by atoms with Crippen molar-refractivity contribution in [1.29, 1.82) is 0 Å². The molecule has 0 aliphatic rings. The summed E-state index contributed by atoms with van der Waals surface area (Å²) in [5.41, 5.74) is 2.04. The molecule has 22 heavy (non-hydrogen) atoms. The summed E-state index contributed by atoms with van der Waals surface area (Å²) in [4.78, 5) is 13.2. The van der Waals surface area contributed by atoms with Crippen LogP contribution in [0.1, 0.15) is 18.4 Å². The zero-order valence-electron chi connectivity index (χ0n) is 13.0. The van der Waals surface area contributed by atoms with E-state index in [0.717, 1.165) is 23.6 Å². The quantitative estimate of drug-likeness (QED) is 0.603. The smallest absolute Gasteiger partial charge is 0.224 e. The molecule has 2 rings (SSSR count). The Morgan fingerprint density at radius 2 is 1.95 bits per heavy atom. The molecule has 0 aliphatic carbocycles. The van der Waals surface area contributed by atoms with Gasteiger partial charge in [-0.25, -0.2) is 0 Å². The highest BCUT2D eigenvalue weighted by atomic mass is 32.2. The largest absolute Gasteiger partial charge is 0.497 e. The number of aryl methyl sites for hydroxylation is 1. The zero-order valence-corrected chi connectivity index (χ0v) is 13.8. The second kappa shape index (κ2) is 8.49. The van der Waals surface area contributed by atoms with Gasteiger partial charge in [-0.15, -0.1) is 11.8 Å². The first kappa shape index (κ1) is 16.4. The average molecular weight is 315 g/mol. The highest BCUT2D eigenvalue weighted by molar-refractivity contribution is 7.99. The summed E-state index contributed by atoms with van der Waals surface area (Å²) in [5.74, 6) is 1.72. The maximum Gasteiger partial charge on any atom is 0.224 e.